The molecule has 0 atom stereocenters. The van der Waals surface area contributed by atoms with Gasteiger partial charge in [-0.3, -0.25) is 10.1 Å². The van der Waals surface area contributed by atoms with Crippen molar-refractivity contribution in [3.05, 3.63) is 81.9 Å². The van der Waals surface area contributed by atoms with Crippen LogP contribution in [0, 0.1) is 10.1 Å². The second-order valence-corrected chi connectivity index (χ2v) is 4.17. The summed E-state index contributed by atoms with van der Waals surface area (Å²) in [7, 11) is 0. The predicted molar refractivity (Wildman–Crippen MR) is 76.9 cm³/mol. The zero-order chi connectivity index (χ0) is 13.7. The number of allylic oxidation sites excluding steroid dienone is 1. The van der Waals surface area contributed by atoms with Crippen LogP contribution in [0.15, 0.2) is 60.7 Å². The van der Waals surface area contributed by atoms with Gasteiger partial charge in [-0.25, -0.2) is 0 Å². The lowest BCUT2D eigenvalue weighted by Crippen LogP contribution is -1.96. The zero-order valence-electron chi connectivity index (χ0n) is 10.7. The van der Waals surface area contributed by atoms with E-state index in [9.17, 15) is 10.1 Å². The molecule has 96 valence electrons. The van der Waals surface area contributed by atoms with Gasteiger partial charge in [0.1, 0.15) is 0 Å². The first-order valence-corrected chi connectivity index (χ1v) is 6.23. The van der Waals surface area contributed by atoms with Crippen molar-refractivity contribution in [2.75, 3.05) is 0 Å². The van der Waals surface area contributed by atoms with E-state index in [1.54, 1.807) is 18.2 Å². The highest BCUT2D eigenvalue weighted by Gasteiger charge is 2.16. The minimum absolute atomic E-state index is 0.144. The van der Waals surface area contributed by atoms with Crippen molar-refractivity contribution in [1.82, 2.24) is 0 Å². The van der Waals surface area contributed by atoms with Gasteiger partial charge in [-0.15, -0.1) is 0 Å². The van der Waals surface area contributed by atoms with Gasteiger partial charge in [0.15, 0.2) is 0 Å². The lowest BCUT2D eigenvalue weighted by atomic mass is 9.96. The summed E-state index contributed by atoms with van der Waals surface area (Å²) < 4.78 is 0. The number of para-hydroxylation sites is 1. The van der Waals surface area contributed by atoms with Crippen molar-refractivity contribution < 1.29 is 4.92 Å². The van der Waals surface area contributed by atoms with E-state index in [0.717, 1.165) is 17.6 Å². The largest absolute Gasteiger partial charge is 0.277 e. The molecule has 2 aromatic rings. The van der Waals surface area contributed by atoms with Gasteiger partial charge in [-0.1, -0.05) is 55.5 Å². The first-order valence-electron chi connectivity index (χ1n) is 6.23. The van der Waals surface area contributed by atoms with Crippen molar-refractivity contribution in [1.29, 1.82) is 0 Å². The normalized spacial score (nSPS) is 11.3. The molecule has 0 aliphatic carbocycles. The highest BCUT2D eigenvalue weighted by molar-refractivity contribution is 5.84. The third-order valence-corrected chi connectivity index (χ3v) is 2.88. The van der Waals surface area contributed by atoms with Crippen LogP contribution in [0.4, 0.5) is 5.69 Å². The Morgan fingerprint density at radius 1 is 1.11 bits per heavy atom. The molecule has 0 fully saturated rings. The number of benzene rings is 2. The summed E-state index contributed by atoms with van der Waals surface area (Å²) >= 11 is 0. The van der Waals surface area contributed by atoms with E-state index in [1.807, 2.05) is 49.4 Å². The van der Waals surface area contributed by atoms with Gasteiger partial charge in [-0.05, 0) is 23.6 Å². The molecule has 0 saturated carbocycles. The maximum Gasteiger partial charge on any atom is 0.277 e. The summed E-state index contributed by atoms with van der Waals surface area (Å²) in [6.45, 7) is 2.03. The third-order valence-electron chi connectivity index (χ3n) is 2.88. The molecule has 0 aliphatic heterocycles. The minimum Gasteiger partial charge on any atom is -0.258 e. The van der Waals surface area contributed by atoms with Gasteiger partial charge in [0.2, 0.25) is 0 Å². The van der Waals surface area contributed by atoms with Gasteiger partial charge in [0.25, 0.3) is 5.69 Å². The fourth-order valence-electron chi connectivity index (χ4n) is 2.07. The Morgan fingerprint density at radius 2 is 1.74 bits per heavy atom. The molecule has 0 unspecified atom stereocenters. The van der Waals surface area contributed by atoms with Crippen molar-refractivity contribution in [3.63, 3.8) is 0 Å². The second-order valence-electron chi connectivity index (χ2n) is 4.17. The highest BCUT2D eigenvalue weighted by atomic mass is 16.6. The maximum absolute atomic E-state index is 11.1. The summed E-state index contributed by atoms with van der Waals surface area (Å²) in [6.07, 6.45) is 2.86. The fourth-order valence-corrected chi connectivity index (χ4v) is 2.07. The van der Waals surface area contributed by atoms with Crippen molar-refractivity contribution in [2.45, 2.75) is 13.3 Å². The number of hydrogen-bond donors (Lipinski definition) is 0. The lowest BCUT2D eigenvalue weighted by Gasteiger charge is -2.08. The molecular weight excluding hydrogens is 238 g/mol. The Hall–Kier alpha value is -2.42. The van der Waals surface area contributed by atoms with Crippen LogP contribution in [0.5, 0.6) is 0 Å². The van der Waals surface area contributed by atoms with Crippen LogP contribution in [0.25, 0.3) is 5.57 Å². The molecule has 0 heterocycles. The van der Waals surface area contributed by atoms with E-state index < -0.39 is 0 Å². The van der Waals surface area contributed by atoms with Gasteiger partial charge >= 0.3 is 0 Å². The molecule has 0 bridgehead atoms. The SMILES string of the molecule is CCC=C(c1ccccc1)c1ccccc1[N+](=O)[O-]. The van der Waals surface area contributed by atoms with E-state index in [-0.39, 0.29) is 10.6 Å². The van der Waals surface area contributed by atoms with Gasteiger partial charge < -0.3 is 0 Å². The molecule has 3 heteroatoms. The van der Waals surface area contributed by atoms with Crippen LogP contribution < -0.4 is 0 Å². The van der Waals surface area contributed by atoms with Crippen molar-refractivity contribution in [2.24, 2.45) is 0 Å². The standard InChI is InChI=1S/C16H15NO2/c1-2-8-14(13-9-4-3-5-10-13)15-11-6-7-12-16(15)17(18)19/h3-12H,2H2,1H3. The number of nitro groups is 1. The van der Waals surface area contributed by atoms with Crippen molar-refractivity contribution in [3.8, 4) is 0 Å². The lowest BCUT2D eigenvalue weighted by molar-refractivity contribution is -0.385. The monoisotopic (exact) mass is 253 g/mol. The summed E-state index contributed by atoms with van der Waals surface area (Å²) in [5.41, 5.74) is 2.72. The molecular formula is C16H15NO2. The highest BCUT2D eigenvalue weighted by Crippen LogP contribution is 2.30. The Bertz CT molecular complexity index is 603. The average molecular weight is 253 g/mol. The Labute approximate surface area is 112 Å². The van der Waals surface area contributed by atoms with E-state index in [1.165, 1.54) is 0 Å². The number of rotatable bonds is 4. The molecule has 0 saturated heterocycles. The Morgan fingerprint density at radius 3 is 2.37 bits per heavy atom. The summed E-state index contributed by atoms with van der Waals surface area (Å²) in [5.74, 6) is 0. The molecule has 2 aromatic carbocycles. The van der Waals surface area contributed by atoms with Crippen LogP contribution in [-0.4, -0.2) is 4.92 Å². The third kappa shape index (κ3) is 2.88. The summed E-state index contributed by atoms with van der Waals surface area (Å²) in [5, 5.41) is 11.1. The first-order chi connectivity index (χ1) is 9.24. The molecule has 0 amide bonds. The Balaban J connectivity index is 2.59. The molecule has 19 heavy (non-hydrogen) atoms. The average Bonchev–Trinajstić information content (AvgIpc) is 2.45. The van der Waals surface area contributed by atoms with Crippen LogP contribution in [0.2, 0.25) is 0 Å². The van der Waals surface area contributed by atoms with Gasteiger partial charge in [0, 0.05) is 6.07 Å². The first kappa shape index (κ1) is 13.0. The van der Waals surface area contributed by atoms with Crippen LogP contribution in [0.1, 0.15) is 24.5 Å². The van der Waals surface area contributed by atoms with E-state index in [0.29, 0.717) is 5.56 Å². The van der Waals surface area contributed by atoms with E-state index >= 15 is 0 Å². The molecule has 0 N–H and O–H groups in total. The molecule has 0 radical (unpaired) electrons. The minimum atomic E-state index is -0.332. The summed E-state index contributed by atoms with van der Waals surface area (Å²) in [4.78, 5) is 10.8. The topological polar surface area (TPSA) is 43.1 Å². The van der Waals surface area contributed by atoms with Crippen LogP contribution >= 0.6 is 0 Å². The Kier molecular flexibility index (Phi) is 4.08. The van der Waals surface area contributed by atoms with Crippen molar-refractivity contribution >= 4 is 11.3 Å². The van der Waals surface area contributed by atoms with E-state index in [2.05, 4.69) is 0 Å². The molecule has 0 spiro atoms. The van der Waals surface area contributed by atoms with Crippen LogP contribution in [-0.2, 0) is 0 Å². The molecule has 2 rings (SSSR count). The van der Waals surface area contributed by atoms with E-state index in [4.69, 9.17) is 0 Å². The van der Waals surface area contributed by atoms with Gasteiger partial charge in [0.05, 0.1) is 10.5 Å². The molecule has 0 aliphatic rings. The number of nitrogens with zero attached hydrogens (tertiary/aromatic N) is 1. The number of hydrogen-bond acceptors (Lipinski definition) is 2. The summed E-state index contributed by atoms with van der Waals surface area (Å²) in [6, 6.07) is 16.6. The van der Waals surface area contributed by atoms with Crippen LogP contribution in [0.3, 0.4) is 0 Å². The maximum atomic E-state index is 11.1. The molecule has 3 nitrogen and oxygen atoms in total. The smallest absolute Gasteiger partial charge is 0.258 e. The fraction of sp³-hybridized carbons (Fsp3) is 0.125. The second kappa shape index (κ2) is 5.96. The van der Waals surface area contributed by atoms with Gasteiger partial charge in [-0.2, -0.15) is 0 Å². The predicted octanol–water partition coefficient (Wildman–Crippen LogP) is 4.44. The molecule has 0 aromatic heterocycles. The quantitative estimate of drug-likeness (QED) is 0.597. The zero-order valence-corrected chi connectivity index (χ0v) is 10.7. The number of nitro benzene ring substituents is 1.